The molecule has 1 rings (SSSR count). The lowest BCUT2D eigenvalue weighted by Gasteiger charge is -2.15. The number of hydrogen-bond donors (Lipinski definition) is 0. The van der Waals surface area contributed by atoms with Gasteiger partial charge in [0, 0.05) is 5.56 Å². The maximum atomic E-state index is 12.7. The van der Waals surface area contributed by atoms with Crippen LogP contribution in [0.2, 0.25) is 0 Å². The lowest BCUT2D eigenvalue weighted by Crippen LogP contribution is -2.10. The predicted molar refractivity (Wildman–Crippen MR) is 54.4 cm³/mol. The highest BCUT2D eigenvalue weighted by atomic mass is 19.4. The van der Waals surface area contributed by atoms with Gasteiger partial charge in [0.25, 0.3) is 0 Å². The summed E-state index contributed by atoms with van der Waals surface area (Å²) in [4.78, 5) is 13.2. The highest BCUT2D eigenvalue weighted by Gasteiger charge is 2.34. The quantitative estimate of drug-likeness (QED) is 0.604. The van der Waals surface area contributed by atoms with Crippen LogP contribution in [0.4, 0.5) is 13.2 Å². The maximum Gasteiger partial charge on any atom is 0.416 e. The van der Waals surface area contributed by atoms with Gasteiger partial charge in [0.1, 0.15) is 5.75 Å². The van der Waals surface area contributed by atoms with Crippen LogP contribution in [0.3, 0.4) is 0 Å². The van der Waals surface area contributed by atoms with Crippen LogP contribution in [-0.2, 0) is 17.5 Å². The fourth-order valence-corrected chi connectivity index (χ4v) is 1.40. The zero-order valence-electron chi connectivity index (χ0n) is 9.04. The number of aliphatic imine (C=N–C) groups is 1. The van der Waals surface area contributed by atoms with Gasteiger partial charge in [-0.05, 0) is 19.1 Å². The molecule has 0 bridgehead atoms. The number of carbonyl (C=O) groups excluding carboxylic acids is 1. The first kappa shape index (κ1) is 13.3. The normalized spacial score (nSPS) is 10.8. The molecule has 1 aromatic carbocycles. The zero-order valence-corrected chi connectivity index (χ0v) is 9.04. The second-order valence-electron chi connectivity index (χ2n) is 3.12. The Morgan fingerprint density at radius 2 is 2.12 bits per heavy atom. The van der Waals surface area contributed by atoms with Crippen LogP contribution in [0.5, 0.6) is 5.75 Å². The molecule has 0 heterocycles. The van der Waals surface area contributed by atoms with E-state index in [1.807, 2.05) is 0 Å². The Bertz CT molecular complexity index is 437. The van der Waals surface area contributed by atoms with Crippen LogP contribution in [0.1, 0.15) is 18.1 Å². The van der Waals surface area contributed by atoms with E-state index in [1.54, 1.807) is 6.92 Å². The van der Waals surface area contributed by atoms with Crippen molar-refractivity contribution in [3.63, 3.8) is 0 Å². The molecule has 3 nitrogen and oxygen atoms in total. The topological polar surface area (TPSA) is 38.7 Å². The molecule has 0 aliphatic heterocycles. The van der Waals surface area contributed by atoms with Crippen molar-refractivity contribution in [3.05, 3.63) is 29.3 Å². The van der Waals surface area contributed by atoms with E-state index < -0.39 is 18.3 Å². The fourth-order valence-electron chi connectivity index (χ4n) is 1.40. The summed E-state index contributed by atoms with van der Waals surface area (Å²) in [5.74, 6) is 0.0846. The van der Waals surface area contributed by atoms with Crippen molar-refractivity contribution in [2.45, 2.75) is 19.6 Å². The smallest absolute Gasteiger partial charge is 0.416 e. The van der Waals surface area contributed by atoms with Crippen LogP contribution in [-0.4, -0.2) is 12.7 Å². The molecule has 0 radical (unpaired) electrons. The van der Waals surface area contributed by atoms with Gasteiger partial charge >= 0.3 is 6.18 Å². The molecule has 6 heteroatoms. The lowest BCUT2D eigenvalue weighted by atomic mass is 10.1. The Balaban J connectivity index is 3.28. The molecule has 0 saturated carbocycles. The first-order chi connectivity index (χ1) is 8.00. The second kappa shape index (κ2) is 5.50. The summed E-state index contributed by atoms with van der Waals surface area (Å²) in [6, 6.07) is 3.59. The van der Waals surface area contributed by atoms with Crippen molar-refractivity contribution in [1.82, 2.24) is 0 Å². The third-order valence-corrected chi connectivity index (χ3v) is 2.04. The van der Waals surface area contributed by atoms with Gasteiger partial charge in [0.15, 0.2) is 0 Å². The van der Waals surface area contributed by atoms with Gasteiger partial charge in [0.2, 0.25) is 6.08 Å². The average Bonchev–Trinajstić information content (AvgIpc) is 2.26. The monoisotopic (exact) mass is 245 g/mol. The van der Waals surface area contributed by atoms with E-state index >= 15 is 0 Å². The van der Waals surface area contributed by atoms with Crippen molar-refractivity contribution in [3.8, 4) is 5.75 Å². The van der Waals surface area contributed by atoms with Gasteiger partial charge in [-0.1, -0.05) is 6.07 Å². The summed E-state index contributed by atoms with van der Waals surface area (Å²) in [6.45, 7) is 1.50. The molecule has 0 amide bonds. The summed E-state index contributed by atoms with van der Waals surface area (Å²) >= 11 is 0. The number of alkyl halides is 3. The Labute approximate surface area is 95.9 Å². The Morgan fingerprint density at radius 1 is 1.41 bits per heavy atom. The molecule has 0 unspecified atom stereocenters. The number of isocyanates is 1. The van der Waals surface area contributed by atoms with Crippen molar-refractivity contribution >= 4 is 6.08 Å². The maximum absolute atomic E-state index is 12.7. The fraction of sp³-hybridized carbons (Fsp3) is 0.364. The molecule has 92 valence electrons. The number of hydrogen-bond acceptors (Lipinski definition) is 3. The minimum atomic E-state index is -4.50. The summed E-state index contributed by atoms with van der Waals surface area (Å²) in [5, 5.41) is 0. The van der Waals surface area contributed by atoms with Crippen LogP contribution in [0.25, 0.3) is 0 Å². The second-order valence-corrected chi connectivity index (χ2v) is 3.12. The number of rotatable bonds is 4. The van der Waals surface area contributed by atoms with Crippen molar-refractivity contribution < 1.29 is 22.7 Å². The molecule has 17 heavy (non-hydrogen) atoms. The Morgan fingerprint density at radius 3 is 2.65 bits per heavy atom. The molecule has 0 saturated heterocycles. The average molecular weight is 245 g/mol. The molecule has 0 aliphatic rings. The molecule has 0 spiro atoms. The first-order valence-corrected chi connectivity index (χ1v) is 4.86. The summed E-state index contributed by atoms with van der Waals surface area (Å²) in [7, 11) is 0. The van der Waals surface area contributed by atoms with Gasteiger partial charge < -0.3 is 4.74 Å². The molecule has 0 aliphatic carbocycles. The molecular weight excluding hydrogens is 235 g/mol. The van der Waals surface area contributed by atoms with Crippen LogP contribution >= 0.6 is 0 Å². The van der Waals surface area contributed by atoms with E-state index in [9.17, 15) is 18.0 Å². The van der Waals surface area contributed by atoms with Crippen molar-refractivity contribution in [2.75, 3.05) is 6.61 Å². The van der Waals surface area contributed by atoms with E-state index in [0.717, 1.165) is 6.07 Å². The molecule has 0 atom stereocenters. The van der Waals surface area contributed by atoms with Crippen LogP contribution in [0, 0.1) is 0 Å². The third-order valence-electron chi connectivity index (χ3n) is 2.04. The SMILES string of the molecule is CCOc1cccc(C(F)(F)F)c1CN=C=O. The molecule has 0 N–H and O–H groups in total. The summed E-state index contributed by atoms with van der Waals surface area (Å²) in [5.41, 5.74) is -0.993. The first-order valence-electron chi connectivity index (χ1n) is 4.86. The molecule has 0 fully saturated rings. The Kier molecular flexibility index (Phi) is 4.29. The van der Waals surface area contributed by atoms with E-state index in [2.05, 4.69) is 4.99 Å². The van der Waals surface area contributed by atoms with E-state index in [4.69, 9.17) is 4.74 Å². The minimum Gasteiger partial charge on any atom is -0.494 e. The number of halogens is 3. The van der Waals surface area contributed by atoms with Gasteiger partial charge in [0.05, 0.1) is 18.7 Å². The van der Waals surface area contributed by atoms with E-state index in [1.165, 1.54) is 18.2 Å². The van der Waals surface area contributed by atoms with Gasteiger partial charge in [-0.3, -0.25) is 0 Å². The molecule has 0 aromatic heterocycles. The number of ether oxygens (including phenoxy) is 1. The largest absolute Gasteiger partial charge is 0.494 e. The van der Waals surface area contributed by atoms with Gasteiger partial charge in [-0.15, -0.1) is 0 Å². The zero-order chi connectivity index (χ0) is 12.9. The number of benzene rings is 1. The molecule has 1 aromatic rings. The summed E-state index contributed by atoms with van der Waals surface area (Å²) < 4.78 is 43.2. The van der Waals surface area contributed by atoms with E-state index in [-0.39, 0.29) is 17.9 Å². The molecular formula is C11H10F3NO2. The van der Waals surface area contributed by atoms with Crippen LogP contribution in [0.15, 0.2) is 23.2 Å². The highest BCUT2D eigenvalue weighted by Crippen LogP contribution is 2.36. The summed E-state index contributed by atoms with van der Waals surface area (Å²) in [6.07, 6.45) is -3.28. The van der Waals surface area contributed by atoms with Crippen molar-refractivity contribution in [1.29, 1.82) is 0 Å². The van der Waals surface area contributed by atoms with Crippen LogP contribution < -0.4 is 4.74 Å². The third kappa shape index (κ3) is 3.32. The van der Waals surface area contributed by atoms with Crippen molar-refractivity contribution in [2.24, 2.45) is 4.99 Å². The lowest BCUT2D eigenvalue weighted by molar-refractivity contribution is -0.138. The predicted octanol–water partition coefficient (Wildman–Crippen LogP) is 2.94. The Hall–Kier alpha value is -1.81. The van der Waals surface area contributed by atoms with Gasteiger partial charge in [-0.25, -0.2) is 9.79 Å². The standard InChI is InChI=1S/C11H10F3NO2/c1-2-17-10-5-3-4-9(11(12,13)14)8(10)6-15-7-16/h3-5H,2,6H2,1H3. The highest BCUT2D eigenvalue weighted by molar-refractivity contribution is 5.43. The number of nitrogens with zero attached hydrogens (tertiary/aromatic N) is 1. The minimum absolute atomic E-state index is 0.0846. The van der Waals surface area contributed by atoms with E-state index in [0.29, 0.717) is 0 Å². The van der Waals surface area contributed by atoms with Gasteiger partial charge in [-0.2, -0.15) is 13.2 Å².